The molecule has 7 heteroatoms. The lowest BCUT2D eigenvalue weighted by molar-refractivity contribution is -0.131. The molecule has 1 saturated heterocycles. The second-order valence-corrected chi connectivity index (χ2v) is 10.8. The van der Waals surface area contributed by atoms with Gasteiger partial charge in [0.1, 0.15) is 23.0 Å². The number of ketones is 3. The number of nitrogens with zero attached hydrogens (tertiary/aromatic N) is 1. The number of anilines is 1. The molecule has 4 aromatic carbocycles. The standard InChI is InChI=1S/C35H24FNO5/c1-20(38)42-25-17-12-23(13-18-25)32(39)31-30(22-10-15-24(36)16-11-22)35(33(40)26-7-3-4-8-27(26)34(35)41)29-19-14-21-6-2-5-9-28(21)37(29)31/h2-19,29-31H,1H3/t29-,30-,31+/m1/s1. The normalized spacial score (nSPS) is 21.2. The number of Topliss-reactive ketones (excluding diaryl/α,β-unsaturated/α-hetero) is 3. The molecular formula is C35H24FNO5. The van der Waals surface area contributed by atoms with E-state index in [-0.39, 0.29) is 23.1 Å². The molecule has 6 nitrogen and oxygen atoms in total. The van der Waals surface area contributed by atoms with Crippen molar-refractivity contribution in [2.45, 2.75) is 24.9 Å². The Morgan fingerprint density at radius 1 is 0.810 bits per heavy atom. The Balaban J connectivity index is 1.48. The maximum absolute atomic E-state index is 14.7. The zero-order valence-corrected chi connectivity index (χ0v) is 22.5. The minimum Gasteiger partial charge on any atom is -0.427 e. The summed E-state index contributed by atoms with van der Waals surface area (Å²) in [7, 11) is 0. The van der Waals surface area contributed by atoms with Gasteiger partial charge < -0.3 is 9.64 Å². The van der Waals surface area contributed by atoms with Crippen LogP contribution < -0.4 is 9.64 Å². The topological polar surface area (TPSA) is 80.8 Å². The fraction of sp³-hybridized carbons (Fsp3) is 0.143. The molecule has 1 aliphatic carbocycles. The van der Waals surface area contributed by atoms with Crippen LogP contribution in [0.2, 0.25) is 0 Å². The van der Waals surface area contributed by atoms with Crippen LogP contribution in [0.4, 0.5) is 10.1 Å². The van der Waals surface area contributed by atoms with Crippen molar-refractivity contribution in [3.63, 3.8) is 0 Å². The zero-order chi connectivity index (χ0) is 29.2. The average Bonchev–Trinajstić information content (AvgIpc) is 3.43. The Morgan fingerprint density at radius 2 is 1.43 bits per heavy atom. The molecule has 0 bridgehead atoms. The number of hydrogen-bond donors (Lipinski definition) is 0. The fourth-order valence-electron chi connectivity index (χ4n) is 6.98. The molecule has 0 unspecified atom stereocenters. The Bertz CT molecular complexity index is 1790. The predicted molar refractivity (Wildman–Crippen MR) is 154 cm³/mol. The largest absolute Gasteiger partial charge is 0.427 e. The summed E-state index contributed by atoms with van der Waals surface area (Å²) in [5.41, 5.74) is 1.38. The summed E-state index contributed by atoms with van der Waals surface area (Å²) in [6, 6.07) is 24.4. The molecule has 0 radical (unpaired) electrons. The van der Waals surface area contributed by atoms with Gasteiger partial charge >= 0.3 is 5.97 Å². The number of hydrogen-bond acceptors (Lipinski definition) is 6. The highest BCUT2D eigenvalue weighted by atomic mass is 19.1. The van der Waals surface area contributed by atoms with Gasteiger partial charge in [0, 0.05) is 35.2 Å². The maximum Gasteiger partial charge on any atom is 0.308 e. The molecule has 2 heterocycles. The Hall–Kier alpha value is -5.17. The SMILES string of the molecule is CC(=O)Oc1ccc(C(=O)[C@@H]2[C@@H](c3ccc(F)cc3)C3(C(=O)c4ccccc4C3=O)[C@H]3C=Cc4ccccc4N23)cc1. The number of para-hydroxylation sites is 1. The average molecular weight is 558 g/mol. The minimum atomic E-state index is -1.66. The van der Waals surface area contributed by atoms with Crippen molar-refractivity contribution in [2.24, 2.45) is 5.41 Å². The summed E-state index contributed by atoms with van der Waals surface area (Å²) in [5.74, 6) is -2.62. The van der Waals surface area contributed by atoms with Crippen LogP contribution in [0.5, 0.6) is 5.75 Å². The predicted octanol–water partition coefficient (Wildman–Crippen LogP) is 6.07. The second kappa shape index (κ2) is 9.45. The summed E-state index contributed by atoms with van der Waals surface area (Å²) in [6.45, 7) is 1.29. The van der Waals surface area contributed by atoms with Gasteiger partial charge in [0.15, 0.2) is 17.3 Å². The van der Waals surface area contributed by atoms with E-state index in [4.69, 9.17) is 4.74 Å². The van der Waals surface area contributed by atoms with E-state index in [1.807, 2.05) is 41.3 Å². The number of rotatable bonds is 4. The summed E-state index contributed by atoms with van der Waals surface area (Å²) >= 11 is 0. The molecule has 7 rings (SSSR count). The molecule has 42 heavy (non-hydrogen) atoms. The zero-order valence-electron chi connectivity index (χ0n) is 22.5. The van der Waals surface area contributed by atoms with Crippen LogP contribution in [0, 0.1) is 11.2 Å². The quantitative estimate of drug-likeness (QED) is 0.131. The molecular weight excluding hydrogens is 533 g/mol. The Kier molecular flexibility index (Phi) is 5.80. The first-order valence-electron chi connectivity index (χ1n) is 13.6. The van der Waals surface area contributed by atoms with E-state index in [0.29, 0.717) is 22.3 Å². The molecule has 0 saturated carbocycles. The van der Waals surface area contributed by atoms with Gasteiger partial charge in [-0.1, -0.05) is 66.7 Å². The molecule has 3 atom stereocenters. The number of carbonyl (C=O) groups excluding carboxylic acids is 4. The number of carbonyl (C=O) groups is 4. The first-order chi connectivity index (χ1) is 20.3. The van der Waals surface area contributed by atoms with E-state index in [2.05, 4.69) is 0 Å². The van der Waals surface area contributed by atoms with Crippen molar-refractivity contribution in [1.82, 2.24) is 0 Å². The Morgan fingerprint density at radius 3 is 2.07 bits per heavy atom. The van der Waals surface area contributed by atoms with Gasteiger partial charge in [0.25, 0.3) is 0 Å². The van der Waals surface area contributed by atoms with Gasteiger partial charge in [-0.15, -0.1) is 0 Å². The minimum absolute atomic E-state index is 0.290. The molecule has 2 aliphatic heterocycles. The van der Waals surface area contributed by atoms with Crippen molar-refractivity contribution < 1.29 is 28.3 Å². The van der Waals surface area contributed by atoms with Gasteiger partial charge in [0.2, 0.25) is 0 Å². The highest BCUT2D eigenvalue weighted by molar-refractivity contribution is 6.32. The van der Waals surface area contributed by atoms with Crippen LogP contribution >= 0.6 is 0 Å². The van der Waals surface area contributed by atoms with E-state index in [1.54, 1.807) is 48.5 Å². The summed E-state index contributed by atoms with van der Waals surface area (Å²) < 4.78 is 19.3. The number of ether oxygens (including phenoxy) is 1. The molecule has 4 aromatic rings. The van der Waals surface area contributed by atoms with E-state index in [9.17, 15) is 23.6 Å². The van der Waals surface area contributed by atoms with Crippen LogP contribution in [0.15, 0.2) is 103 Å². The van der Waals surface area contributed by atoms with Crippen LogP contribution in [-0.4, -0.2) is 35.4 Å². The lowest BCUT2D eigenvalue weighted by Gasteiger charge is -2.37. The molecule has 0 aromatic heterocycles. The molecule has 1 fully saturated rings. The van der Waals surface area contributed by atoms with E-state index in [1.165, 1.54) is 31.2 Å². The first kappa shape index (κ1) is 25.8. The van der Waals surface area contributed by atoms with Gasteiger partial charge in [-0.3, -0.25) is 19.2 Å². The van der Waals surface area contributed by atoms with Crippen molar-refractivity contribution in [1.29, 1.82) is 0 Å². The van der Waals surface area contributed by atoms with Crippen molar-refractivity contribution in [3.05, 3.63) is 137 Å². The van der Waals surface area contributed by atoms with Crippen molar-refractivity contribution >= 4 is 35.1 Å². The maximum atomic E-state index is 14.7. The molecule has 0 amide bonds. The van der Waals surface area contributed by atoms with Gasteiger partial charge in [-0.05, 0) is 53.6 Å². The van der Waals surface area contributed by atoms with Gasteiger partial charge in [-0.2, -0.15) is 0 Å². The van der Waals surface area contributed by atoms with Crippen molar-refractivity contribution in [3.8, 4) is 5.75 Å². The lowest BCUT2D eigenvalue weighted by Crippen LogP contribution is -2.48. The third-order valence-electron chi connectivity index (χ3n) is 8.61. The summed E-state index contributed by atoms with van der Waals surface area (Å²) in [6.07, 6.45) is 3.74. The first-order valence-corrected chi connectivity index (χ1v) is 13.6. The lowest BCUT2D eigenvalue weighted by atomic mass is 9.64. The molecule has 206 valence electrons. The van der Waals surface area contributed by atoms with Crippen LogP contribution in [0.25, 0.3) is 6.08 Å². The van der Waals surface area contributed by atoms with E-state index in [0.717, 1.165) is 11.3 Å². The van der Waals surface area contributed by atoms with Crippen LogP contribution in [-0.2, 0) is 4.79 Å². The van der Waals surface area contributed by atoms with E-state index >= 15 is 0 Å². The number of benzene rings is 4. The smallest absolute Gasteiger partial charge is 0.308 e. The third kappa shape index (κ3) is 3.56. The number of fused-ring (bicyclic) bond motifs is 5. The molecule has 3 aliphatic rings. The number of esters is 1. The summed E-state index contributed by atoms with van der Waals surface area (Å²) in [4.78, 5) is 57.2. The van der Waals surface area contributed by atoms with Crippen molar-refractivity contribution in [2.75, 3.05) is 4.90 Å². The van der Waals surface area contributed by atoms with Crippen LogP contribution in [0.3, 0.4) is 0 Å². The highest BCUT2D eigenvalue weighted by Crippen LogP contribution is 2.60. The molecule has 0 N–H and O–H groups in total. The third-order valence-corrected chi connectivity index (χ3v) is 8.61. The molecule has 1 spiro atoms. The Labute approximate surface area is 241 Å². The fourth-order valence-corrected chi connectivity index (χ4v) is 6.98. The highest BCUT2D eigenvalue weighted by Gasteiger charge is 2.71. The van der Waals surface area contributed by atoms with Crippen LogP contribution in [0.1, 0.15) is 55.0 Å². The monoisotopic (exact) mass is 557 g/mol. The van der Waals surface area contributed by atoms with E-state index < -0.39 is 35.2 Å². The second-order valence-electron chi connectivity index (χ2n) is 10.8. The van der Waals surface area contributed by atoms with Gasteiger partial charge in [0.05, 0.1) is 6.04 Å². The van der Waals surface area contributed by atoms with Gasteiger partial charge in [-0.25, -0.2) is 4.39 Å². The number of halogens is 1. The summed E-state index contributed by atoms with van der Waals surface area (Å²) in [5, 5.41) is 0.